The molecule has 0 saturated carbocycles. The van der Waals surface area contributed by atoms with Crippen molar-refractivity contribution >= 4 is 28.6 Å². The second kappa shape index (κ2) is 6.65. The molecule has 0 unspecified atom stereocenters. The SMILES string of the molecule is Cc1ccc2oc(CN(C(=O)c3cccc(Cl)c3)C(C)C)nc2c1. The Labute approximate surface area is 146 Å². The van der Waals surface area contributed by atoms with Gasteiger partial charge in [0.05, 0.1) is 6.54 Å². The normalized spacial score (nSPS) is 11.2. The van der Waals surface area contributed by atoms with Gasteiger partial charge in [-0.15, -0.1) is 0 Å². The van der Waals surface area contributed by atoms with Crippen LogP contribution < -0.4 is 0 Å². The van der Waals surface area contributed by atoms with Crippen molar-refractivity contribution in [3.05, 3.63) is 64.5 Å². The van der Waals surface area contributed by atoms with Crippen LogP contribution in [0.3, 0.4) is 0 Å². The summed E-state index contributed by atoms with van der Waals surface area (Å²) in [6.07, 6.45) is 0. The van der Waals surface area contributed by atoms with Crippen LogP contribution in [-0.4, -0.2) is 21.8 Å². The molecule has 0 N–H and O–H groups in total. The molecule has 1 heterocycles. The first-order valence-electron chi connectivity index (χ1n) is 7.86. The van der Waals surface area contributed by atoms with E-state index in [0.717, 1.165) is 16.7 Å². The van der Waals surface area contributed by atoms with E-state index in [2.05, 4.69) is 4.98 Å². The molecule has 5 heteroatoms. The van der Waals surface area contributed by atoms with Gasteiger partial charge < -0.3 is 9.32 Å². The third-order valence-corrected chi connectivity index (χ3v) is 4.08. The minimum absolute atomic E-state index is 0.00762. The maximum absolute atomic E-state index is 12.8. The maximum atomic E-state index is 12.8. The first kappa shape index (κ1) is 16.5. The van der Waals surface area contributed by atoms with E-state index in [1.807, 2.05) is 39.0 Å². The fraction of sp³-hybridized carbons (Fsp3) is 0.263. The number of hydrogen-bond donors (Lipinski definition) is 0. The van der Waals surface area contributed by atoms with Crippen molar-refractivity contribution in [2.45, 2.75) is 33.4 Å². The second-order valence-corrected chi connectivity index (χ2v) is 6.55. The fourth-order valence-corrected chi connectivity index (χ4v) is 2.77. The Bertz CT molecular complexity index is 886. The molecule has 0 spiro atoms. The van der Waals surface area contributed by atoms with Gasteiger partial charge >= 0.3 is 0 Å². The van der Waals surface area contributed by atoms with E-state index < -0.39 is 0 Å². The molecule has 0 bridgehead atoms. The third-order valence-electron chi connectivity index (χ3n) is 3.85. The Balaban J connectivity index is 1.89. The minimum Gasteiger partial charge on any atom is -0.439 e. The Morgan fingerprint density at radius 2 is 2.04 bits per heavy atom. The summed E-state index contributed by atoms with van der Waals surface area (Å²) in [5.74, 6) is 0.436. The van der Waals surface area contributed by atoms with Crippen molar-refractivity contribution in [3.8, 4) is 0 Å². The molecule has 0 radical (unpaired) electrons. The number of rotatable bonds is 4. The van der Waals surface area contributed by atoms with Crippen molar-refractivity contribution < 1.29 is 9.21 Å². The summed E-state index contributed by atoms with van der Waals surface area (Å²) in [6.45, 7) is 6.26. The van der Waals surface area contributed by atoms with E-state index in [0.29, 0.717) is 23.0 Å². The zero-order valence-corrected chi connectivity index (χ0v) is 14.7. The van der Waals surface area contributed by atoms with Gasteiger partial charge in [-0.3, -0.25) is 4.79 Å². The molecular weight excluding hydrogens is 324 g/mol. The lowest BCUT2D eigenvalue weighted by Crippen LogP contribution is -2.36. The van der Waals surface area contributed by atoms with Crippen LogP contribution in [0.25, 0.3) is 11.1 Å². The van der Waals surface area contributed by atoms with Gasteiger partial charge in [0.2, 0.25) is 5.89 Å². The van der Waals surface area contributed by atoms with Crippen LogP contribution in [0.4, 0.5) is 0 Å². The summed E-state index contributed by atoms with van der Waals surface area (Å²) < 4.78 is 5.78. The predicted molar refractivity (Wildman–Crippen MR) is 95.2 cm³/mol. The van der Waals surface area contributed by atoms with Gasteiger partial charge in [-0.1, -0.05) is 23.7 Å². The fourth-order valence-electron chi connectivity index (χ4n) is 2.57. The predicted octanol–water partition coefficient (Wildman–Crippen LogP) is 4.84. The molecule has 0 aliphatic heterocycles. The van der Waals surface area contributed by atoms with Gasteiger partial charge in [0.25, 0.3) is 5.91 Å². The molecule has 2 aromatic carbocycles. The molecule has 1 aromatic heterocycles. The molecule has 3 rings (SSSR count). The number of oxazole rings is 1. The van der Waals surface area contributed by atoms with E-state index in [1.165, 1.54) is 0 Å². The minimum atomic E-state index is -0.0917. The average molecular weight is 343 g/mol. The lowest BCUT2D eigenvalue weighted by Gasteiger charge is -2.25. The lowest BCUT2D eigenvalue weighted by atomic mass is 10.1. The highest BCUT2D eigenvalue weighted by Crippen LogP contribution is 2.20. The summed E-state index contributed by atoms with van der Waals surface area (Å²) in [5, 5.41) is 0.543. The van der Waals surface area contributed by atoms with Gasteiger partial charge in [-0.25, -0.2) is 4.98 Å². The quantitative estimate of drug-likeness (QED) is 0.681. The number of halogens is 1. The molecule has 24 heavy (non-hydrogen) atoms. The molecule has 124 valence electrons. The van der Waals surface area contributed by atoms with Gasteiger partial charge in [0.1, 0.15) is 5.52 Å². The average Bonchev–Trinajstić information content (AvgIpc) is 2.93. The van der Waals surface area contributed by atoms with Gasteiger partial charge in [0.15, 0.2) is 5.58 Å². The highest BCUT2D eigenvalue weighted by molar-refractivity contribution is 6.30. The molecule has 0 fully saturated rings. The van der Waals surface area contributed by atoms with E-state index in [-0.39, 0.29) is 11.9 Å². The second-order valence-electron chi connectivity index (χ2n) is 6.12. The Hall–Kier alpha value is -2.33. The van der Waals surface area contributed by atoms with Crippen molar-refractivity contribution in [3.63, 3.8) is 0 Å². The standard InChI is InChI=1S/C19H19ClN2O2/c1-12(2)22(19(23)14-5-4-6-15(20)10-14)11-18-21-16-9-13(3)7-8-17(16)24-18/h4-10,12H,11H2,1-3H3. The number of fused-ring (bicyclic) bond motifs is 1. The highest BCUT2D eigenvalue weighted by atomic mass is 35.5. The number of benzene rings is 2. The molecule has 1 amide bonds. The third kappa shape index (κ3) is 3.44. The van der Waals surface area contributed by atoms with Crippen LogP contribution in [0.1, 0.15) is 35.7 Å². The molecule has 4 nitrogen and oxygen atoms in total. The Morgan fingerprint density at radius 3 is 2.75 bits per heavy atom. The van der Waals surface area contributed by atoms with E-state index in [9.17, 15) is 4.79 Å². The van der Waals surface area contributed by atoms with Crippen LogP contribution in [0.5, 0.6) is 0 Å². The smallest absolute Gasteiger partial charge is 0.254 e. The van der Waals surface area contributed by atoms with E-state index >= 15 is 0 Å². The number of carbonyl (C=O) groups excluding carboxylic acids is 1. The summed E-state index contributed by atoms with van der Waals surface area (Å²) >= 11 is 6.00. The summed E-state index contributed by atoms with van der Waals surface area (Å²) in [7, 11) is 0. The molecule has 3 aromatic rings. The van der Waals surface area contributed by atoms with Crippen molar-refractivity contribution in [2.24, 2.45) is 0 Å². The molecule has 0 atom stereocenters. The molecule has 0 aliphatic rings. The maximum Gasteiger partial charge on any atom is 0.254 e. The summed E-state index contributed by atoms with van der Waals surface area (Å²) in [5.41, 5.74) is 3.22. The zero-order chi connectivity index (χ0) is 17.3. The van der Waals surface area contributed by atoms with E-state index in [4.69, 9.17) is 16.0 Å². The van der Waals surface area contributed by atoms with Gasteiger partial charge in [-0.05, 0) is 56.7 Å². The van der Waals surface area contributed by atoms with Crippen LogP contribution in [0.2, 0.25) is 5.02 Å². The summed E-state index contributed by atoms with van der Waals surface area (Å²) in [6, 6.07) is 12.8. The Morgan fingerprint density at radius 1 is 1.25 bits per heavy atom. The zero-order valence-electron chi connectivity index (χ0n) is 13.9. The number of amides is 1. The largest absolute Gasteiger partial charge is 0.439 e. The number of carbonyl (C=O) groups is 1. The van der Waals surface area contributed by atoms with Crippen molar-refractivity contribution in [2.75, 3.05) is 0 Å². The van der Waals surface area contributed by atoms with Crippen LogP contribution in [0, 0.1) is 6.92 Å². The summed E-state index contributed by atoms with van der Waals surface area (Å²) in [4.78, 5) is 19.0. The lowest BCUT2D eigenvalue weighted by molar-refractivity contribution is 0.0673. The monoisotopic (exact) mass is 342 g/mol. The number of aryl methyl sites for hydroxylation is 1. The van der Waals surface area contributed by atoms with Crippen LogP contribution in [0.15, 0.2) is 46.9 Å². The number of hydrogen-bond acceptors (Lipinski definition) is 3. The topological polar surface area (TPSA) is 46.3 Å². The van der Waals surface area contributed by atoms with Crippen molar-refractivity contribution in [1.82, 2.24) is 9.88 Å². The first-order valence-corrected chi connectivity index (χ1v) is 8.24. The molecular formula is C19H19ClN2O2. The van der Waals surface area contributed by atoms with Crippen LogP contribution >= 0.6 is 11.6 Å². The van der Waals surface area contributed by atoms with E-state index in [1.54, 1.807) is 29.2 Å². The van der Waals surface area contributed by atoms with Crippen LogP contribution in [-0.2, 0) is 6.54 Å². The number of nitrogens with zero attached hydrogens (tertiary/aromatic N) is 2. The molecule has 0 aliphatic carbocycles. The molecule has 0 saturated heterocycles. The van der Waals surface area contributed by atoms with Crippen molar-refractivity contribution in [1.29, 1.82) is 0 Å². The van der Waals surface area contributed by atoms with Gasteiger partial charge in [0, 0.05) is 16.6 Å². The van der Waals surface area contributed by atoms with Gasteiger partial charge in [-0.2, -0.15) is 0 Å². The first-order chi connectivity index (χ1) is 11.4. The highest BCUT2D eigenvalue weighted by Gasteiger charge is 2.21. The Kier molecular flexibility index (Phi) is 4.58. The number of aromatic nitrogens is 1.